The standard InChI is InChI=1S/C28H36N4O3/c1-21(2)18-26(28(34)31(4)20-29)25-7-5-6-24(19-25)22-8-10-23(11-9-22)27(33)30(3)12-13-32-14-16-35-17-15-32/h5-11,19,21,26H,12-18H2,1-4H3. The first-order valence-electron chi connectivity index (χ1n) is 12.2. The fraction of sp³-hybridized carbons (Fsp3) is 0.464. The minimum atomic E-state index is -0.374. The highest BCUT2D eigenvalue weighted by atomic mass is 16.5. The monoisotopic (exact) mass is 476 g/mol. The molecule has 1 saturated heterocycles. The van der Waals surface area contributed by atoms with E-state index in [1.54, 1.807) is 4.90 Å². The smallest absolute Gasteiger partial charge is 0.253 e. The molecule has 1 aliphatic rings. The Bertz CT molecular complexity index is 1040. The van der Waals surface area contributed by atoms with Gasteiger partial charge < -0.3 is 9.64 Å². The second-order valence-electron chi connectivity index (χ2n) is 9.56. The van der Waals surface area contributed by atoms with Crippen molar-refractivity contribution in [2.45, 2.75) is 26.2 Å². The summed E-state index contributed by atoms with van der Waals surface area (Å²) in [5.74, 6) is -0.258. The number of morpholine rings is 1. The third-order valence-corrected chi connectivity index (χ3v) is 6.44. The average Bonchev–Trinajstić information content (AvgIpc) is 2.89. The number of hydrogen-bond acceptors (Lipinski definition) is 5. The Morgan fingerprint density at radius 2 is 1.74 bits per heavy atom. The van der Waals surface area contributed by atoms with Gasteiger partial charge in [0.25, 0.3) is 5.91 Å². The number of carbonyl (C=O) groups excluding carboxylic acids is 2. The maximum atomic E-state index is 12.9. The Labute approximate surface area is 208 Å². The van der Waals surface area contributed by atoms with Gasteiger partial charge in [0.2, 0.25) is 5.91 Å². The largest absolute Gasteiger partial charge is 0.379 e. The average molecular weight is 477 g/mol. The zero-order chi connectivity index (χ0) is 25.4. The highest BCUT2D eigenvalue weighted by molar-refractivity contribution is 5.94. The first-order chi connectivity index (χ1) is 16.8. The minimum Gasteiger partial charge on any atom is -0.379 e. The fourth-order valence-electron chi connectivity index (χ4n) is 4.31. The lowest BCUT2D eigenvalue weighted by molar-refractivity contribution is -0.129. The summed E-state index contributed by atoms with van der Waals surface area (Å²) in [5, 5.41) is 9.19. The second kappa shape index (κ2) is 12.5. The predicted molar refractivity (Wildman–Crippen MR) is 137 cm³/mol. The highest BCUT2D eigenvalue weighted by Crippen LogP contribution is 2.30. The van der Waals surface area contributed by atoms with Crippen LogP contribution in [0.3, 0.4) is 0 Å². The van der Waals surface area contributed by atoms with Gasteiger partial charge in [-0.05, 0) is 41.2 Å². The Morgan fingerprint density at radius 3 is 2.37 bits per heavy atom. The number of carbonyl (C=O) groups is 2. The number of amides is 2. The number of likely N-dealkylation sites (N-methyl/N-ethyl adjacent to an activating group) is 2. The molecule has 1 unspecified atom stereocenters. The van der Waals surface area contributed by atoms with Gasteiger partial charge in [0.1, 0.15) is 0 Å². The Balaban J connectivity index is 1.71. The van der Waals surface area contributed by atoms with Crippen LogP contribution in [0.5, 0.6) is 0 Å². The van der Waals surface area contributed by atoms with E-state index in [9.17, 15) is 14.9 Å². The van der Waals surface area contributed by atoms with Crippen molar-refractivity contribution in [1.82, 2.24) is 14.7 Å². The molecule has 0 N–H and O–H groups in total. The van der Waals surface area contributed by atoms with Crippen LogP contribution in [0.2, 0.25) is 0 Å². The van der Waals surface area contributed by atoms with Crippen LogP contribution in [-0.4, -0.2) is 80.0 Å². The molecule has 0 spiro atoms. The number of nitrogens with zero attached hydrogens (tertiary/aromatic N) is 4. The van der Waals surface area contributed by atoms with Crippen LogP contribution in [0.4, 0.5) is 0 Å². The van der Waals surface area contributed by atoms with Crippen LogP contribution in [-0.2, 0) is 9.53 Å². The summed E-state index contributed by atoms with van der Waals surface area (Å²) in [6, 6.07) is 15.5. The number of nitriles is 1. The van der Waals surface area contributed by atoms with Gasteiger partial charge in [-0.3, -0.25) is 19.4 Å². The third-order valence-electron chi connectivity index (χ3n) is 6.44. The minimum absolute atomic E-state index is 0.000643. The van der Waals surface area contributed by atoms with Crippen molar-refractivity contribution >= 4 is 11.8 Å². The van der Waals surface area contributed by atoms with Crippen LogP contribution in [0.15, 0.2) is 48.5 Å². The van der Waals surface area contributed by atoms with Crippen molar-refractivity contribution in [1.29, 1.82) is 5.26 Å². The van der Waals surface area contributed by atoms with Crippen molar-refractivity contribution in [2.24, 2.45) is 5.92 Å². The zero-order valence-corrected chi connectivity index (χ0v) is 21.2. The first kappa shape index (κ1) is 26.4. The zero-order valence-electron chi connectivity index (χ0n) is 21.2. The quantitative estimate of drug-likeness (QED) is 0.406. The maximum absolute atomic E-state index is 12.9. The van der Waals surface area contributed by atoms with Gasteiger partial charge in [-0.25, -0.2) is 0 Å². The molecule has 1 atom stereocenters. The highest BCUT2D eigenvalue weighted by Gasteiger charge is 2.25. The fourth-order valence-corrected chi connectivity index (χ4v) is 4.31. The van der Waals surface area contributed by atoms with Gasteiger partial charge in [0, 0.05) is 45.8 Å². The summed E-state index contributed by atoms with van der Waals surface area (Å²) in [6.07, 6.45) is 2.59. The van der Waals surface area contributed by atoms with Crippen molar-refractivity contribution in [2.75, 3.05) is 53.5 Å². The molecule has 2 amide bonds. The van der Waals surface area contributed by atoms with Crippen LogP contribution < -0.4 is 0 Å². The van der Waals surface area contributed by atoms with Crippen molar-refractivity contribution < 1.29 is 14.3 Å². The Kier molecular flexibility index (Phi) is 9.41. The van der Waals surface area contributed by atoms with E-state index in [0.29, 0.717) is 24.4 Å². The molecule has 186 valence electrons. The molecule has 7 heteroatoms. The molecule has 35 heavy (non-hydrogen) atoms. The van der Waals surface area contributed by atoms with E-state index in [0.717, 1.165) is 54.4 Å². The molecular weight excluding hydrogens is 440 g/mol. The topological polar surface area (TPSA) is 76.9 Å². The van der Waals surface area contributed by atoms with Crippen LogP contribution in [0, 0.1) is 17.4 Å². The number of benzene rings is 2. The lowest BCUT2D eigenvalue weighted by Gasteiger charge is -2.28. The molecule has 1 fully saturated rings. The molecule has 3 rings (SSSR count). The molecule has 0 aliphatic carbocycles. The van der Waals surface area contributed by atoms with E-state index in [-0.39, 0.29) is 17.7 Å². The van der Waals surface area contributed by atoms with Gasteiger partial charge in [-0.1, -0.05) is 50.2 Å². The predicted octanol–water partition coefficient (Wildman–Crippen LogP) is 3.83. The summed E-state index contributed by atoms with van der Waals surface area (Å²) in [6.45, 7) is 8.98. The lowest BCUT2D eigenvalue weighted by atomic mass is 9.87. The molecule has 1 heterocycles. The van der Waals surface area contributed by atoms with Gasteiger partial charge in [0.05, 0.1) is 19.1 Å². The third kappa shape index (κ3) is 7.14. The van der Waals surface area contributed by atoms with E-state index >= 15 is 0 Å². The SMILES string of the molecule is CC(C)CC(C(=O)N(C)C#N)c1cccc(-c2ccc(C(=O)N(C)CCN3CCOCC3)cc2)c1. The number of ether oxygens (including phenoxy) is 1. The number of rotatable bonds is 9. The molecule has 1 aliphatic heterocycles. The Hall–Kier alpha value is -3.21. The van der Waals surface area contributed by atoms with E-state index < -0.39 is 0 Å². The molecule has 0 bridgehead atoms. The molecule has 7 nitrogen and oxygen atoms in total. The summed E-state index contributed by atoms with van der Waals surface area (Å²) in [7, 11) is 3.34. The second-order valence-corrected chi connectivity index (χ2v) is 9.56. The lowest BCUT2D eigenvalue weighted by Crippen LogP contribution is -2.41. The van der Waals surface area contributed by atoms with Crippen LogP contribution in [0.1, 0.15) is 42.1 Å². The van der Waals surface area contributed by atoms with Gasteiger partial charge >= 0.3 is 0 Å². The number of hydrogen-bond donors (Lipinski definition) is 0. The molecule has 2 aromatic rings. The van der Waals surface area contributed by atoms with Gasteiger partial charge in [-0.15, -0.1) is 0 Å². The van der Waals surface area contributed by atoms with Gasteiger partial charge in [0.15, 0.2) is 6.19 Å². The van der Waals surface area contributed by atoms with Crippen LogP contribution >= 0.6 is 0 Å². The summed E-state index contributed by atoms with van der Waals surface area (Å²) in [5.41, 5.74) is 3.50. The molecule has 0 aromatic heterocycles. The Morgan fingerprint density at radius 1 is 1.06 bits per heavy atom. The summed E-state index contributed by atoms with van der Waals surface area (Å²) >= 11 is 0. The summed E-state index contributed by atoms with van der Waals surface area (Å²) in [4.78, 5) is 30.9. The van der Waals surface area contributed by atoms with E-state index in [1.807, 2.05) is 61.8 Å². The normalized spacial score (nSPS) is 14.9. The van der Waals surface area contributed by atoms with E-state index in [2.05, 4.69) is 18.7 Å². The van der Waals surface area contributed by atoms with Gasteiger partial charge in [-0.2, -0.15) is 5.26 Å². The summed E-state index contributed by atoms with van der Waals surface area (Å²) < 4.78 is 5.38. The van der Waals surface area contributed by atoms with Crippen molar-refractivity contribution in [3.8, 4) is 17.3 Å². The van der Waals surface area contributed by atoms with E-state index in [4.69, 9.17) is 4.74 Å². The molecular formula is C28H36N4O3. The van der Waals surface area contributed by atoms with Crippen molar-refractivity contribution in [3.05, 3.63) is 59.7 Å². The van der Waals surface area contributed by atoms with Crippen molar-refractivity contribution in [3.63, 3.8) is 0 Å². The molecule has 2 aromatic carbocycles. The van der Waals surface area contributed by atoms with E-state index in [1.165, 1.54) is 7.05 Å². The van der Waals surface area contributed by atoms with Crippen LogP contribution in [0.25, 0.3) is 11.1 Å². The molecule has 0 saturated carbocycles. The molecule has 0 radical (unpaired) electrons. The maximum Gasteiger partial charge on any atom is 0.253 e. The first-order valence-corrected chi connectivity index (χ1v) is 12.2.